The van der Waals surface area contributed by atoms with E-state index in [4.69, 9.17) is 0 Å². The van der Waals surface area contributed by atoms with Gasteiger partial charge in [-0.05, 0) is 80.7 Å². The molecular formula is C24H29NO. The molecule has 1 aliphatic heterocycles. The highest BCUT2D eigenvalue weighted by Gasteiger charge is 2.45. The normalized spacial score (nSPS) is 18.2. The van der Waals surface area contributed by atoms with Gasteiger partial charge in [-0.1, -0.05) is 42.5 Å². The Hall–Kier alpha value is -2.22. The van der Waals surface area contributed by atoms with Gasteiger partial charge in [0.05, 0.1) is 0 Å². The number of fused-ring (bicyclic) bond motifs is 1. The Morgan fingerprint density at radius 2 is 1.88 bits per heavy atom. The molecule has 2 heteroatoms. The molecule has 0 saturated heterocycles. The highest BCUT2D eigenvalue weighted by atomic mass is 16.3. The van der Waals surface area contributed by atoms with Gasteiger partial charge in [-0.2, -0.15) is 0 Å². The molecule has 0 amide bonds. The van der Waals surface area contributed by atoms with Gasteiger partial charge in [-0.3, -0.25) is 0 Å². The molecule has 2 aromatic carbocycles. The number of aryl methyl sites for hydroxylation is 1. The van der Waals surface area contributed by atoms with Crippen molar-refractivity contribution in [2.45, 2.75) is 57.9 Å². The second-order valence-corrected chi connectivity index (χ2v) is 8.00. The summed E-state index contributed by atoms with van der Waals surface area (Å²) in [6.07, 6.45) is 11.9. The van der Waals surface area contributed by atoms with E-state index in [2.05, 4.69) is 60.4 Å². The summed E-state index contributed by atoms with van der Waals surface area (Å²) in [6, 6.07) is 12.7. The highest BCUT2D eigenvalue weighted by Crippen LogP contribution is 2.50. The lowest BCUT2D eigenvalue weighted by molar-refractivity contribution is 0.204. The van der Waals surface area contributed by atoms with E-state index >= 15 is 0 Å². The van der Waals surface area contributed by atoms with E-state index in [1.165, 1.54) is 42.5 Å². The van der Waals surface area contributed by atoms with Crippen molar-refractivity contribution in [2.75, 3.05) is 11.4 Å². The molecule has 1 aliphatic carbocycles. The van der Waals surface area contributed by atoms with E-state index < -0.39 is 0 Å². The minimum absolute atomic E-state index is 0.365. The fraction of sp³-hybridized carbons (Fsp3) is 0.417. The van der Waals surface area contributed by atoms with Crippen LogP contribution in [0.5, 0.6) is 5.75 Å². The first-order valence-electron chi connectivity index (χ1n) is 9.92. The quantitative estimate of drug-likeness (QED) is 0.757. The Balaban J connectivity index is 1.58. The number of phenols is 1. The molecule has 2 nitrogen and oxygen atoms in total. The molecule has 2 aliphatic rings. The molecule has 0 aromatic heterocycles. The van der Waals surface area contributed by atoms with Crippen LogP contribution < -0.4 is 4.90 Å². The zero-order chi connectivity index (χ0) is 18.1. The third-order valence-corrected chi connectivity index (χ3v) is 6.46. The Morgan fingerprint density at radius 1 is 1.12 bits per heavy atom. The minimum atomic E-state index is 0.365. The van der Waals surface area contributed by atoms with Crippen molar-refractivity contribution < 1.29 is 5.11 Å². The van der Waals surface area contributed by atoms with Crippen LogP contribution in [0, 0.1) is 13.8 Å². The molecule has 136 valence electrons. The fourth-order valence-electron chi connectivity index (χ4n) is 4.75. The van der Waals surface area contributed by atoms with Gasteiger partial charge in [-0.25, -0.2) is 0 Å². The maximum atomic E-state index is 10.4. The summed E-state index contributed by atoms with van der Waals surface area (Å²) in [4.78, 5) is 2.67. The summed E-state index contributed by atoms with van der Waals surface area (Å²) in [5, 5.41) is 10.4. The van der Waals surface area contributed by atoms with Gasteiger partial charge in [0.15, 0.2) is 0 Å². The summed E-state index contributed by atoms with van der Waals surface area (Å²) in [5.41, 5.74) is 6.45. The SMILES string of the molecule is Cc1cc2c(c(C)c1O)CCC1(CCC1)N2CC/C=C\c1ccccc1. The molecule has 0 radical (unpaired) electrons. The summed E-state index contributed by atoms with van der Waals surface area (Å²) in [6.45, 7) is 5.16. The lowest BCUT2D eigenvalue weighted by Crippen LogP contribution is -2.57. The van der Waals surface area contributed by atoms with Crippen molar-refractivity contribution in [3.8, 4) is 5.75 Å². The van der Waals surface area contributed by atoms with Gasteiger partial charge < -0.3 is 10.0 Å². The Labute approximate surface area is 157 Å². The zero-order valence-electron chi connectivity index (χ0n) is 16.0. The predicted molar refractivity (Wildman–Crippen MR) is 110 cm³/mol. The molecule has 1 heterocycles. The third-order valence-electron chi connectivity index (χ3n) is 6.46. The van der Waals surface area contributed by atoms with Crippen LogP contribution in [0.3, 0.4) is 0 Å². The fourth-order valence-corrected chi connectivity index (χ4v) is 4.75. The molecule has 1 saturated carbocycles. The molecule has 1 spiro atoms. The Bertz CT molecular complexity index is 818. The summed E-state index contributed by atoms with van der Waals surface area (Å²) >= 11 is 0. The van der Waals surface area contributed by atoms with Crippen LogP contribution in [0.4, 0.5) is 5.69 Å². The van der Waals surface area contributed by atoms with Crippen LogP contribution in [-0.2, 0) is 6.42 Å². The van der Waals surface area contributed by atoms with E-state index in [-0.39, 0.29) is 0 Å². The van der Waals surface area contributed by atoms with Crippen LogP contribution >= 0.6 is 0 Å². The summed E-state index contributed by atoms with van der Waals surface area (Å²) in [5.74, 6) is 0.484. The van der Waals surface area contributed by atoms with E-state index in [1.807, 2.05) is 6.92 Å². The molecular weight excluding hydrogens is 318 g/mol. The topological polar surface area (TPSA) is 23.5 Å². The van der Waals surface area contributed by atoms with E-state index in [1.54, 1.807) is 0 Å². The van der Waals surface area contributed by atoms with Crippen molar-refractivity contribution in [2.24, 2.45) is 0 Å². The standard InChI is InChI=1S/C24H29NO/c1-18-17-22-21(19(2)23(18)26)12-15-24(13-8-14-24)25(22)16-7-6-11-20-9-4-3-5-10-20/h3-6,9-11,17,26H,7-8,12-16H2,1-2H3/b11-6-. The lowest BCUT2D eigenvalue weighted by atomic mass is 9.68. The van der Waals surface area contributed by atoms with Crippen LogP contribution in [0.1, 0.15) is 54.4 Å². The first-order valence-corrected chi connectivity index (χ1v) is 9.92. The average molecular weight is 348 g/mol. The van der Waals surface area contributed by atoms with Gasteiger partial charge in [0.1, 0.15) is 5.75 Å². The molecule has 1 N–H and O–H groups in total. The smallest absolute Gasteiger partial charge is 0.121 e. The lowest BCUT2D eigenvalue weighted by Gasteiger charge is -2.55. The average Bonchev–Trinajstić information content (AvgIpc) is 2.63. The van der Waals surface area contributed by atoms with E-state index in [0.29, 0.717) is 11.3 Å². The highest BCUT2D eigenvalue weighted by molar-refractivity contribution is 5.66. The number of rotatable bonds is 4. The summed E-state index contributed by atoms with van der Waals surface area (Å²) in [7, 11) is 0. The molecule has 2 aromatic rings. The second kappa shape index (κ2) is 6.83. The molecule has 0 atom stereocenters. The number of phenolic OH excluding ortho intramolecular Hbond substituents is 1. The third kappa shape index (κ3) is 2.92. The number of hydrogen-bond donors (Lipinski definition) is 1. The Morgan fingerprint density at radius 3 is 2.58 bits per heavy atom. The first-order chi connectivity index (χ1) is 12.6. The second-order valence-electron chi connectivity index (χ2n) is 8.00. The molecule has 0 bridgehead atoms. The van der Waals surface area contributed by atoms with Crippen molar-refractivity contribution in [1.29, 1.82) is 0 Å². The maximum Gasteiger partial charge on any atom is 0.121 e. The monoisotopic (exact) mass is 347 g/mol. The van der Waals surface area contributed by atoms with Crippen molar-refractivity contribution in [3.63, 3.8) is 0 Å². The van der Waals surface area contributed by atoms with Crippen LogP contribution in [0.2, 0.25) is 0 Å². The van der Waals surface area contributed by atoms with Gasteiger partial charge >= 0.3 is 0 Å². The minimum Gasteiger partial charge on any atom is -0.507 e. The maximum absolute atomic E-state index is 10.4. The van der Waals surface area contributed by atoms with Crippen molar-refractivity contribution >= 4 is 11.8 Å². The van der Waals surface area contributed by atoms with Gasteiger partial charge in [0, 0.05) is 17.8 Å². The van der Waals surface area contributed by atoms with Gasteiger partial charge in [0.25, 0.3) is 0 Å². The molecule has 1 fully saturated rings. The van der Waals surface area contributed by atoms with Crippen LogP contribution in [0.25, 0.3) is 6.08 Å². The molecule has 26 heavy (non-hydrogen) atoms. The summed E-state index contributed by atoms with van der Waals surface area (Å²) < 4.78 is 0. The van der Waals surface area contributed by atoms with E-state index in [0.717, 1.165) is 30.5 Å². The van der Waals surface area contributed by atoms with E-state index in [9.17, 15) is 5.11 Å². The van der Waals surface area contributed by atoms with Gasteiger partial charge in [-0.15, -0.1) is 0 Å². The zero-order valence-corrected chi connectivity index (χ0v) is 16.0. The molecule has 0 unspecified atom stereocenters. The van der Waals surface area contributed by atoms with Crippen LogP contribution in [-0.4, -0.2) is 17.2 Å². The molecule has 4 rings (SSSR count). The predicted octanol–water partition coefficient (Wildman–Crippen LogP) is 5.79. The first kappa shape index (κ1) is 17.2. The largest absolute Gasteiger partial charge is 0.507 e. The van der Waals surface area contributed by atoms with Crippen molar-refractivity contribution in [3.05, 3.63) is 64.7 Å². The van der Waals surface area contributed by atoms with Gasteiger partial charge in [0.2, 0.25) is 0 Å². The Kier molecular flexibility index (Phi) is 4.52. The number of benzene rings is 2. The van der Waals surface area contributed by atoms with Crippen LogP contribution in [0.15, 0.2) is 42.5 Å². The number of anilines is 1. The number of hydrogen-bond acceptors (Lipinski definition) is 2. The van der Waals surface area contributed by atoms with Crippen molar-refractivity contribution in [1.82, 2.24) is 0 Å². The number of nitrogens with zero attached hydrogens (tertiary/aromatic N) is 1. The number of aromatic hydroxyl groups is 1.